The summed E-state index contributed by atoms with van der Waals surface area (Å²) in [6.07, 6.45) is 1.98. The van der Waals surface area contributed by atoms with Crippen LogP contribution in [0.15, 0.2) is 0 Å². The average molecular weight is 167 g/mol. The molecule has 1 fully saturated rings. The van der Waals surface area contributed by atoms with Gasteiger partial charge in [0, 0.05) is 13.1 Å². The zero-order valence-corrected chi connectivity index (χ0v) is 7.93. The lowest BCUT2D eigenvalue weighted by molar-refractivity contribution is -0.0969. The van der Waals surface area contributed by atoms with Gasteiger partial charge in [0.05, 0.1) is 12.1 Å². The standard InChI is InChI=1S/C10H17NO/c1-3-5-7-11-8-10(12,9-11)6-4-2/h12H,4,6-9H2,1-2H3. The Bertz CT molecular complexity index is 196. The van der Waals surface area contributed by atoms with Gasteiger partial charge in [0.1, 0.15) is 0 Å². The molecule has 2 nitrogen and oxygen atoms in total. The summed E-state index contributed by atoms with van der Waals surface area (Å²) >= 11 is 0. The first-order valence-corrected chi connectivity index (χ1v) is 4.54. The SMILES string of the molecule is CC#CCN1CC(O)(CCC)C1. The Morgan fingerprint density at radius 1 is 1.50 bits per heavy atom. The van der Waals surface area contributed by atoms with E-state index in [1.165, 1.54) is 0 Å². The fourth-order valence-corrected chi connectivity index (χ4v) is 1.71. The van der Waals surface area contributed by atoms with Crippen molar-refractivity contribution in [2.75, 3.05) is 19.6 Å². The van der Waals surface area contributed by atoms with Gasteiger partial charge in [-0.1, -0.05) is 19.3 Å². The van der Waals surface area contributed by atoms with Crippen LogP contribution < -0.4 is 0 Å². The van der Waals surface area contributed by atoms with Gasteiger partial charge in [-0.2, -0.15) is 0 Å². The van der Waals surface area contributed by atoms with Crippen LogP contribution >= 0.6 is 0 Å². The van der Waals surface area contributed by atoms with E-state index in [1.54, 1.807) is 0 Å². The molecule has 1 N–H and O–H groups in total. The number of rotatable bonds is 3. The smallest absolute Gasteiger partial charge is 0.0900 e. The van der Waals surface area contributed by atoms with E-state index in [4.69, 9.17) is 0 Å². The fourth-order valence-electron chi connectivity index (χ4n) is 1.71. The number of likely N-dealkylation sites (tertiary alicyclic amines) is 1. The summed E-state index contributed by atoms with van der Waals surface area (Å²) in [7, 11) is 0. The first-order valence-electron chi connectivity index (χ1n) is 4.54. The Morgan fingerprint density at radius 3 is 2.67 bits per heavy atom. The number of aliphatic hydroxyl groups is 1. The second kappa shape index (κ2) is 3.93. The molecule has 0 unspecified atom stereocenters. The van der Waals surface area contributed by atoms with Crippen molar-refractivity contribution < 1.29 is 5.11 Å². The largest absolute Gasteiger partial charge is 0.387 e. The zero-order chi connectivity index (χ0) is 9.03. The van der Waals surface area contributed by atoms with Gasteiger partial charge < -0.3 is 5.11 Å². The maximum atomic E-state index is 9.79. The van der Waals surface area contributed by atoms with Crippen LogP contribution in [0.5, 0.6) is 0 Å². The van der Waals surface area contributed by atoms with Crippen molar-refractivity contribution in [2.24, 2.45) is 0 Å². The van der Waals surface area contributed by atoms with Crippen molar-refractivity contribution in [1.29, 1.82) is 0 Å². The molecule has 0 atom stereocenters. The van der Waals surface area contributed by atoms with E-state index in [2.05, 4.69) is 23.7 Å². The summed E-state index contributed by atoms with van der Waals surface area (Å²) in [5, 5.41) is 9.79. The normalized spacial score (nSPS) is 20.9. The van der Waals surface area contributed by atoms with Gasteiger partial charge in [0.15, 0.2) is 0 Å². The average Bonchev–Trinajstić information content (AvgIpc) is 1.97. The molecule has 0 saturated carbocycles. The topological polar surface area (TPSA) is 23.5 Å². The van der Waals surface area contributed by atoms with Gasteiger partial charge in [-0.3, -0.25) is 4.90 Å². The number of β-amino-alcohol motifs (C(OH)–C–C–N with tert-alkyl or cyclic N) is 1. The van der Waals surface area contributed by atoms with Crippen LogP contribution in [-0.2, 0) is 0 Å². The predicted octanol–water partition coefficient (Wildman–Crippen LogP) is 0.857. The molecule has 68 valence electrons. The van der Waals surface area contributed by atoms with Crippen molar-refractivity contribution in [3.05, 3.63) is 0 Å². The van der Waals surface area contributed by atoms with Crippen LogP contribution in [0, 0.1) is 11.8 Å². The third-order valence-electron chi connectivity index (χ3n) is 2.23. The third-order valence-corrected chi connectivity index (χ3v) is 2.23. The molecule has 0 bridgehead atoms. The monoisotopic (exact) mass is 167 g/mol. The Kier molecular flexibility index (Phi) is 3.13. The lowest BCUT2D eigenvalue weighted by Crippen LogP contribution is -2.61. The second-order valence-electron chi connectivity index (χ2n) is 3.55. The van der Waals surface area contributed by atoms with Crippen LogP contribution in [0.3, 0.4) is 0 Å². The Hall–Kier alpha value is -0.520. The minimum atomic E-state index is -0.399. The molecular formula is C10H17NO. The van der Waals surface area contributed by atoms with E-state index >= 15 is 0 Å². The minimum absolute atomic E-state index is 0.399. The predicted molar refractivity (Wildman–Crippen MR) is 49.7 cm³/mol. The third kappa shape index (κ3) is 2.23. The van der Waals surface area contributed by atoms with Crippen LogP contribution in [0.25, 0.3) is 0 Å². The molecule has 0 aromatic heterocycles. The molecule has 1 rings (SSSR count). The molecule has 1 saturated heterocycles. The van der Waals surface area contributed by atoms with E-state index in [0.29, 0.717) is 0 Å². The number of hydrogen-bond acceptors (Lipinski definition) is 2. The molecule has 0 aromatic carbocycles. The minimum Gasteiger partial charge on any atom is -0.387 e. The van der Waals surface area contributed by atoms with Gasteiger partial charge in [0.25, 0.3) is 0 Å². The molecule has 0 spiro atoms. The highest BCUT2D eigenvalue weighted by atomic mass is 16.3. The zero-order valence-electron chi connectivity index (χ0n) is 7.93. The number of nitrogens with zero attached hydrogens (tertiary/aromatic N) is 1. The lowest BCUT2D eigenvalue weighted by Gasteiger charge is -2.45. The molecule has 0 aromatic rings. The van der Waals surface area contributed by atoms with Crippen molar-refractivity contribution in [3.63, 3.8) is 0 Å². The van der Waals surface area contributed by atoms with Crippen molar-refractivity contribution >= 4 is 0 Å². The first-order chi connectivity index (χ1) is 5.70. The maximum absolute atomic E-state index is 9.79. The van der Waals surface area contributed by atoms with E-state index in [-0.39, 0.29) is 0 Å². The lowest BCUT2D eigenvalue weighted by atomic mass is 9.89. The van der Waals surface area contributed by atoms with Crippen molar-refractivity contribution in [1.82, 2.24) is 4.90 Å². The van der Waals surface area contributed by atoms with Crippen molar-refractivity contribution in [3.8, 4) is 11.8 Å². The van der Waals surface area contributed by atoms with E-state index in [1.807, 2.05) is 6.92 Å². The summed E-state index contributed by atoms with van der Waals surface area (Å²) in [5.74, 6) is 5.85. The quantitative estimate of drug-likeness (QED) is 0.630. The van der Waals surface area contributed by atoms with Crippen LogP contribution in [-0.4, -0.2) is 35.2 Å². The molecule has 0 amide bonds. The van der Waals surface area contributed by atoms with Gasteiger partial charge >= 0.3 is 0 Å². The van der Waals surface area contributed by atoms with E-state index in [0.717, 1.165) is 32.5 Å². The summed E-state index contributed by atoms with van der Waals surface area (Å²) in [6, 6.07) is 0. The maximum Gasteiger partial charge on any atom is 0.0900 e. The molecule has 1 heterocycles. The van der Waals surface area contributed by atoms with E-state index < -0.39 is 5.60 Å². The number of hydrogen-bond donors (Lipinski definition) is 1. The highest BCUT2D eigenvalue weighted by molar-refractivity contribution is 5.03. The first kappa shape index (κ1) is 9.57. The highest BCUT2D eigenvalue weighted by Gasteiger charge is 2.39. The van der Waals surface area contributed by atoms with Crippen LogP contribution in [0.2, 0.25) is 0 Å². The Morgan fingerprint density at radius 2 is 2.17 bits per heavy atom. The molecular weight excluding hydrogens is 150 g/mol. The fraction of sp³-hybridized carbons (Fsp3) is 0.800. The molecule has 2 heteroatoms. The summed E-state index contributed by atoms with van der Waals surface area (Å²) in [4.78, 5) is 2.17. The molecule has 1 aliphatic rings. The van der Waals surface area contributed by atoms with Crippen LogP contribution in [0.1, 0.15) is 26.7 Å². The van der Waals surface area contributed by atoms with E-state index in [9.17, 15) is 5.11 Å². The summed E-state index contributed by atoms with van der Waals surface area (Å²) in [5.41, 5.74) is -0.399. The molecule has 1 aliphatic heterocycles. The van der Waals surface area contributed by atoms with Crippen LogP contribution in [0.4, 0.5) is 0 Å². The Labute approximate surface area is 74.6 Å². The Balaban J connectivity index is 2.20. The highest BCUT2D eigenvalue weighted by Crippen LogP contribution is 2.24. The van der Waals surface area contributed by atoms with Gasteiger partial charge in [-0.05, 0) is 13.3 Å². The van der Waals surface area contributed by atoms with Gasteiger partial charge in [-0.25, -0.2) is 0 Å². The molecule has 0 radical (unpaired) electrons. The van der Waals surface area contributed by atoms with Gasteiger partial charge in [-0.15, -0.1) is 5.92 Å². The van der Waals surface area contributed by atoms with Crippen molar-refractivity contribution in [2.45, 2.75) is 32.3 Å². The summed E-state index contributed by atoms with van der Waals surface area (Å²) < 4.78 is 0. The molecule has 0 aliphatic carbocycles. The molecule has 12 heavy (non-hydrogen) atoms. The second-order valence-corrected chi connectivity index (χ2v) is 3.55. The summed E-state index contributed by atoms with van der Waals surface area (Å²) in [6.45, 7) is 6.36. The van der Waals surface area contributed by atoms with Gasteiger partial charge in [0.2, 0.25) is 0 Å².